The molecule has 1 aliphatic heterocycles. The molecule has 1 fully saturated rings. The molecule has 0 radical (unpaired) electrons. The Morgan fingerprint density at radius 1 is 1.44 bits per heavy atom. The summed E-state index contributed by atoms with van der Waals surface area (Å²) in [6, 6.07) is 2.23. The summed E-state index contributed by atoms with van der Waals surface area (Å²) < 4.78 is 10.7. The normalized spacial score (nSPS) is 18.9. The Kier molecular flexibility index (Phi) is 4.72. The van der Waals surface area contributed by atoms with E-state index >= 15 is 0 Å². The quantitative estimate of drug-likeness (QED) is 0.794. The highest BCUT2D eigenvalue weighted by Crippen LogP contribution is 2.15. The fourth-order valence-corrected chi connectivity index (χ4v) is 1.81. The number of ether oxygens (including phenoxy) is 2. The van der Waals surface area contributed by atoms with Crippen molar-refractivity contribution in [2.24, 2.45) is 0 Å². The highest BCUT2D eigenvalue weighted by Gasteiger charge is 2.16. The van der Waals surface area contributed by atoms with E-state index in [2.05, 4.69) is 20.6 Å². The molecule has 2 N–H and O–H groups in total. The van der Waals surface area contributed by atoms with Crippen LogP contribution < -0.4 is 10.6 Å². The summed E-state index contributed by atoms with van der Waals surface area (Å²) in [6.07, 6.45) is 1.01. The molecule has 0 aliphatic carbocycles. The first-order valence-electron chi connectivity index (χ1n) is 6.29. The lowest BCUT2D eigenvalue weighted by Gasteiger charge is -2.13. The number of anilines is 2. The maximum atomic E-state index is 5.34. The Labute approximate surface area is 107 Å². The average Bonchev–Trinajstić information content (AvgIpc) is 2.89. The van der Waals surface area contributed by atoms with Gasteiger partial charge in [-0.2, -0.15) is 0 Å². The minimum atomic E-state index is 0.338. The van der Waals surface area contributed by atoms with Gasteiger partial charge in [-0.15, -0.1) is 0 Å². The van der Waals surface area contributed by atoms with Crippen LogP contribution >= 0.6 is 0 Å². The molecule has 0 amide bonds. The van der Waals surface area contributed by atoms with Crippen LogP contribution in [0.5, 0.6) is 0 Å². The van der Waals surface area contributed by atoms with E-state index < -0.39 is 0 Å². The number of nitrogens with zero attached hydrogens (tertiary/aromatic N) is 2. The second-order valence-electron chi connectivity index (χ2n) is 4.15. The lowest BCUT2D eigenvalue weighted by atomic mass is 10.2. The minimum absolute atomic E-state index is 0.338. The van der Waals surface area contributed by atoms with E-state index in [-0.39, 0.29) is 0 Å². The molecule has 100 valence electrons. The monoisotopic (exact) mass is 252 g/mol. The van der Waals surface area contributed by atoms with Crippen molar-refractivity contribution in [3.63, 3.8) is 0 Å². The first-order chi connectivity index (χ1) is 8.81. The Morgan fingerprint density at radius 3 is 2.94 bits per heavy atom. The smallest absolute Gasteiger partial charge is 0.158 e. The maximum Gasteiger partial charge on any atom is 0.158 e. The van der Waals surface area contributed by atoms with Crippen molar-refractivity contribution in [2.75, 3.05) is 37.5 Å². The average molecular weight is 252 g/mol. The van der Waals surface area contributed by atoms with Gasteiger partial charge in [-0.3, -0.25) is 0 Å². The van der Waals surface area contributed by atoms with Crippen molar-refractivity contribution in [3.05, 3.63) is 11.9 Å². The van der Waals surface area contributed by atoms with E-state index in [1.54, 1.807) is 0 Å². The molecular formula is C12H20N4O2. The molecule has 2 rings (SSSR count). The summed E-state index contributed by atoms with van der Waals surface area (Å²) in [5.74, 6) is 2.30. The van der Waals surface area contributed by atoms with Crippen LogP contribution in [0.4, 0.5) is 11.6 Å². The molecule has 6 nitrogen and oxygen atoms in total. The molecule has 6 heteroatoms. The van der Waals surface area contributed by atoms with Crippen molar-refractivity contribution >= 4 is 11.6 Å². The summed E-state index contributed by atoms with van der Waals surface area (Å²) in [4.78, 5) is 8.79. The predicted octanol–water partition coefficient (Wildman–Crippen LogP) is 1.26. The zero-order valence-electron chi connectivity index (χ0n) is 10.9. The molecule has 1 aromatic rings. The molecule has 1 unspecified atom stereocenters. The fraction of sp³-hybridized carbons (Fsp3) is 0.667. The van der Waals surface area contributed by atoms with Gasteiger partial charge in [0.05, 0.1) is 12.6 Å². The van der Waals surface area contributed by atoms with Crippen LogP contribution in [0.3, 0.4) is 0 Å². The first-order valence-corrected chi connectivity index (χ1v) is 6.29. The van der Waals surface area contributed by atoms with Crippen LogP contribution in [0.1, 0.15) is 19.2 Å². The number of hydrogen-bond acceptors (Lipinski definition) is 6. The van der Waals surface area contributed by atoms with Gasteiger partial charge < -0.3 is 20.1 Å². The largest absolute Gasteiger partial charge is 0.379 e. The van der Waals surface area contributed by atoms with Crippen molar-refractivity contribution in [1.82, 2.24) is 9.97 Å². The molecule has 1 aromatic heterocycles. The second-order valence-corrected chi connectivity index (χ2v) is 4.15. The lowest BCUT2D eigenvalue weighted by Crippen LogP contribution is -2.20. The van der Waals surface area contributed by atoms with Gasteiger partial charge in [0.15, 0.2) is 5.82 Å². The van der Waals surface area contributed by atoms with Gasteiger partial charge >= 0.3 is 0 Å². The summed E-state index contributed by atoms with van der Waals surface area (Å²) in [5, 5.41) is 6.39. The van der Waals surface area contributed by atoms with Gasteiger partial charge in [-0.05, 0) is 13.3 Å². The van der Waals surface area contributed by atoms with Crippen molar-refractivity contribution in [3.8, 4) is 0 Å². The topological polar surface area (TPSA) is 68.3 Å². The highest BCUT2D eigenvalue weighted by atomic mass is 16.5. The maximum absolute atomic E-state index is 5.34. The first kappa shape index (κ1) is 13.0. The number of nitrogens with one attached hydrogen (secondary N) is 2. The van der Waals surface area contributed by atoms with Crippen molar-refractivity contribution in [1.29, 1.82) is 0 Å². The molecular weight excluding hydrogens is 232 g/mol. The Hall–Kier alpha value is -1.40. The van der Waals surface area contributed by atoms with Gasteiger partial charge in [0.2, 0.25) is 0 Å². The van der Waals surface area contributed by atoms with Crippen molar-refractivity contribution < 1.29 is 9.47 Å². The summed E-state index contributed by atoms with van der Waals surface area (Å²) in [5.41, 5.74) is 0. The van der Waals surface area contributed by atoms with E-state index in [0.29, 0.717) is 25.1 Å². The molecule has 0 bridgehead atoms. The Bertz CT molecular complexity index is 380. The van der Waals surface area contributed by atoms with Gasteiger partial charge in [-0.25, -0.2) is 9.97 Å². The third-order valence-electron chi connectivity index (χ3n) is 2.75. The predicted molar refractivity (Wildman–Crippen MR) is 69.8 cm³/mol. The zero-order valence-corrected chi connectivity index (χ0v) is 10.9. The molecule has 1 aliphatic rings. The molecule has 1 saturated heterocycles. The van der Waals surface area contributed by atoms with Gasteiger partial charge in [0.1, 0.15) is 18.2 Å². The summed E-state index contributed by atoms with van der Waals surface area (Å²) in [7, 11) is 1.84. The van der Waals surface area contributed by atoms with Crippen LogP contribution in [-0.2, 0) is 16.1 Å². The Morgan fingerprint density at radius 2 is 2.28 bits per heavy atom. The zero-order chi connectivity index (χ0) is 12.8. The number of rotatable bonds is 6. The van der Waals surface area contributed by atoms with Gasteiger partial charge in [0, 0.05) is 26.3 Å². The van der Waals surface area contributed by atoms with Crippen LogP contribution in [0, 0.1) is 0 Å². The Balaban J connectivity index is 2.06. The standard InChI is InChI=1S/C12H20N4O2/c1-3-17-8-12-15-10(13-2)6-11(16-12)14-9-4-5-18-7-9/h6,9H,3-5,7-8H2,1-2H3,(H2,13,14,15,16). The summed E-state index contributed by atoms with van der Waals surface area (Å²) in [6.45, 7) is 4.60. The fourth-order valence-electron chi connectivity index (χ4n) is 1.81. The van der Waals surface area contributed by atoms with Crippen molar-refractivity contribution in [2.45, 2.75) is 26.0 Å². The molecule has 0 saturated carbocycles. The van der Waals surface area contributed by atoms with E-state index in [1.807, 2.05) is 20.0 Å². The molecule has 18 heavy (non-hydrogen) atoms. The minimum Gasteiger partial charge on any atom is -0.379 e. The second kappa shape index (κ2) is 6.51. The van der Waals surface area contributed by atoms with Gasteiger partial charge in [0.25, 0.3) is 0 Å². The van der Waals surface area contributed by atoms with Crippen LogP contribution in [-0.4, -0.2) is 42.9 Å². The third-order valence-corrected chi connectivity index (χ3v) is 2.75. The molecule has 2 heterocycles. The van der Waals surface area contributed by atoms with Crippen LogP contribution in [0.15, 0.2) is 6.07 Å². The van der Waals surface area contributed by atoms with E-state index in [0.717, 1.165) is 31.3 Å². The molecule has 0 aromatic carbocycles. The van der Waals surface area contributed by atoms with Crippen LogP contribution in [0.2, 0.25) is 0 Å². The third kappa shape index (κ3) is 3.54. The summed E-state index contributed by atoms with van der Waals surface area (Å²) >= 11 is 0. The van der Waals surface area contributed by atoms with Crippen LogP contribution in [0.25, 0.3) is 0 Å². The van der Waals surface area contributed by atoms with E-state index in [9.17, 15) is 0 Å². The van der Waals surface area contributed by atoms with E-state index in [1.165, 1.54) is 0 Å². The lowest BCUT2D eigenvalue weighted by molar-refractivity contribution is 0.128. The number of aromatic nitrogens is 2. The SMILES string of the molecule is CCOCc1nc(NC)cc(NC2CCOC2)n1. The molecule has 1 atom stereocenters. The molecule has 0 spiro atoms. The van der Waals surface area contributed by atoms with E-state index in [4.69, 9.17) is 9.47 Å². The van der Waals surface area contributed by atoms with Gasteiger partial charge in [-0.1, -0.05) is 0 Å². The number of hydrogen-bond donors (Lipinski definition) is 2. The highest BCUT2D eigenvalue weighted by molar-refractivity contribution is 5.47.